The highest BCUT2D eigenvalue weighted by Gasteiger charge is 2.30. The summed E-state index contributed by atoms with van der Waals surface area (Å²) in [5.41, 5.74) is 2.71. The SMILES string of the molecule is COCc1c(C(=O)C(C#N)c2nc3ccccc3[nH]2)oc2ccccc12. The lowest BCUT2D eigenvalue weighted by Crippen LogP contribution is -2.14. The maximum Gasteiger partial charge on any atom is 0.223 e. The highest BCUT2D eigenvalue weighted by atomic mass is 16.5. The van der Waals surface area contributed by atoms with Crippen molar-refractivity contribution in [2.45, 2.75) is 12.5 Å². The van der Waals surface area contributed by atoms with Crippen LogP contribution in [0.3, 0.4) is 0 Å². The van der Waals surface area contributed by atoms with E-state index in [-0.39, 0.29) is 12.4 Å². The van der Waals surface area contributed by atoms with Crippen LogP contribution in [0, 0.1) is 11.3 Å². The second kappa shape index (κ2) is 6.47. The Morgan fingerprint density at radius 2 is 2.04 bits per heavy atom. The van der Waals surface area contributed by atoms with E-state index in [1.807, 2.05) is 48.5 Å². The van der Waals surface area contributed by atoms with Crippen LogP contribution in [0.2, 0.25) is 0 Å². The minimum atomic E-state index is -1.08. The Balaban J connectivity index is 1.81. The Labute approximate surface area is 149 Å². The Morgan fingerprint density at radius 1 is 1.27 bits per heavy atom. The fraction of sp³-hybridized carbons (Fsp3) is 0.150. The van der Waals surface area contributed by atoms with Crippen LogP contribution in [0.25, 0.3) is 22.0 Å². The number of nitrogens with zero attached hydrogens (tertiary/aromatic N) is 2. The van der Waals surface area contributed by atoms with E-state index in [4.69, 9.17) is 9.15 Å². The number of methoxy groups -OCH3 is 1. The molecule has 0 spiro atoms. The summed E-state index contributed by atoms with van der Waals surface area (Å²) in [6.45, 7) is 0.219. The Hall–Kier alpha value is -3.43. The summed E-state index contributed by atoms with van der Waals surface area (Å²) in [7, 11) is 1.55. The lowest BCUT2D eigenvalue weighted by molar-refractivity contribution is 0.0945. The molecule has 0 fully saturated rings. The van der Waals surface area contributed by atoms with E-state index in [1.54, 1.807) is 13.2 Å². The van der Waals surface area contributed by atoms with Crippen molar-refractivity contribution in [1.29, 1.82) is 5.26 Å². The van der Waals surface area contributed by atoms with Crippen LogP contribution >= 0.6 is 0 Å². The van der Waals surface area contributed by atoms with Crippen LogP contribution < -0.4 is 0 Å². The third-order valence-corrected chi connectivity index (χ3v) is 4.28. The average Bonchev–Trinajstić information content (AvgIpc) is 3.24. The first-order chi connectivity index (χ1) is 12.7. The number of carbonyl (C=O) groups is 1. The van der Waals surface area contributed by atoms with Gasteiger partial charge < -0.3 is 14.1 Å². The van der Waals surface area contributed by atoms with E-state index in [1.165, 1.54) is 0 Å². The fourth-order valence-corrected chi connectivity index (χ4v) is 3.07. The van der Waals surface area contributed by atoms with Gasteiger partial charge in [0, 0.05) is 18.1 Å². The van der Waals surface area contributed by atoms with Crippen molar-refractivity contribution < 1.29 is 13.9 Å². The Bertz CT molecular complexity index is 1120. The first-order valence-electron chi connectivity index (χ1n) is 8.10. The molecule has 1 unspecified atom stereocenters. The number of rotatable bonds is 5. The molecule has 0 amide bonds. The Kier molecular flexibility index (Phi) is 3.99. The van der Waals surface area contributed by atoms with Crippen LogP contribution in [0.5, 0.6) is 0 Å². The van der Waals surface area contributed by atoms with E-state index in [0.717, 1.165) is 10.9 Å². The van der Waals surface area contributed by atoms with E-state index >= 15 is 0 Å². The largest absolute Gasteiger partial charge is 0.453 e. The number of ketones is 1. The molecule has 128 valence electrons. The third-order valence-electron chi connectivity index (χ3n) is 4.28. The summed E-state index contributed by atoms with van der Waals surface area (Å²) in [5.74, 6) is -1.07. The number of imidazole rings is 1. The van der Waals surface area contributed by atoms with Gasteiger partial charge in [0.2, 0.25) is 5.78 Å². The van der Waals surface area contributed by atoms with Crippen LogP contribution in [0.1, 0.15) is 27.9 Å². The van der Waals surface area contributed by atoms with Gasteiger partial charge in [0.25, 0.3) is 0 Å². The summed E-state index contributed by atoms with van der Waals surface area (Å²) < 4.78 is 11.0. The van der Waals surface area contributed by atoms with Crippen LogP contribution in [0.4, 0.5) is 0 Å². The molecule has 0 aliphatic rings. The molecule has 4 rings (SSSR count). The number of nitrogens with one attached hydrogen (secondary N) is 1. The van der Waals surface area contributed by atoms with Gasteiger partial charge in [-0.15, -0.1) is 0 Å². The van der Waals surface area contributed by atoms with Crippen molar-refractivity contribution in [3.05, 3.63) is 65.7 Å². The summed E-state index contributed by atoms with van der Waals surface area (Å²) in [6.07, 6.45) is 0. The van der Waals surface area contributed by atoms with Crippen LogP contribution in [-0.2, 0) is 11.3 Å². The number of furan rings is 1. The summed E-state index contributed by atoms with van der Waals surface area (Å²) in [6, 6.07) is 16.8. The number of benzene rings is 2. The number of hydrogen-bond donors (Lipinski definition) is 1. The number of fused-ring (bicyclic) bond motifs is 2. The molecule has 2 heterocycles. The quantitative estimate of drug-likeness (QED) is 0.553. The van der Waals surface area contributed by atoms with Gasteiger partial charge in [0.05, 0.1) is 23.7 Å². The molecular formula is C20H15N3O3. The molecule has 1 N–H and O–H groups in total. The minimum Gasteiger partial charge on any atom is -0.453 e. The first-order valence-corrected chi connectivity index (χ1v) is 8.10. The van der Waals surface area contributed by atoms with Crippen LogP contribution in [0.15, 0.2) is 52.9 Å². The van der Waals surface area contributed by atoms with Crippen molar-refractivity contribution in [2.75, 3.05) is 7.11 Å². The number of nitriles is 1. The van der Waals surface area contributed by atoms with E-state index < -0.39 is 11.7 Å². The number of H-pyrrole nitrogens is 1. The van der Waals surface area contributed by atoms with Gasteiger partial charge in [-0.1, -0.05) is 30.3 Å². The van der Waals surface area contributed by atoms with Gasteiger partial charge in [-0.3, -0.25) is 4.79 Å². The van der Waals surface area contributed by atoms with E-state index in [2.05, 4.69) is 9.97 Å². The minimum absolute atomic E-state index is 0.139. The van der Waals surface area contributed by atoms with Gasteiger partial charge in [-0.2, -0.15) is 5.26 Å². The molecule has 6 nitrogen and oxygen atoms in total. The number of hydrogen-bond acceptors (Lipinski definition) is 5. The molecule has 0 aliphatic carbocycles. The van der Waals surface area contributed by atoms with Crippen molar-refractivity contribution >= 4 is 27.8 Å². The number of aromatic amines is 1. The van der Waals surface area contributed by atoms with Crippen LogP contribution in [-0.4, -0.2) is 22.9 Å². The number of aromatic nitrogens is 2. The van der Waals surface area contributed by atoms with E-state index in [0.29, 0.717) is 22.5 Å². The number of carbonyl (C=O) groups excluding carboxylic acids is 1. The Morgan fingerprint density at radius 3 is 2.81 bits per heavy atom. The zero-order chi connectivity index (χ0) is 18.1. The highest BCUT2D eigenvalue weighted by molar-refractivity contribution is 6.05. The van der Waals surface area contributed by atoms with Gasteiger partial charge in [-0.25, -0.2) is 4.98 Å². The molecule has 0 bridgehead atoms. The van der Waals surface area contributed by atoms with E-state index in [9.17, 15) is 10.1 Å². The standard InChI is InChI=1S/C20H15N3O3/c1-25-11-14-12-6-2-5-9-17(12)26-19(14)18(24)13(10-21)20-22-15-7-3-4-8-16(15)23-20/h2-9,13H,11H2,1H3,(H,22,23). The molecule has 26 heavy (non-hydrogen) atoms. The first kappa shape index (κ1) is 16.1. The molecule has 0 saturated carbocycles. The predicted molar refractivity (Wildman–Crippen MR) is 95.7 cm³/mol. The molecular weight excluding hydrogens is 330 g/mol. The number of ether oxygens (including phenoxy) is 1. The van der Waals surface area contributed by atoms with Gasteiger partial charge >= 0.3 is 0 Å². The van der Waals surface area contributed by atoms with Crippen molar-refractivity contribution in [2.24, 2.45) is 0 Å². The zero-order valence-electron chi connectivity index (χ0n) is 14.0. The molecule has 4 aromatic rings. The number of Topliss-reactive ketones (excluding diaryl/α,β-unsaturated/α-hetero) is 1. The maximum atomic E-state index is 13.1. The topological polar surface area (TPSA) is 91.9 Å². The van der Waals surface area contributed by atoms with Crippen molar-refractivity contribution in [1.82, 2.24) is 9.97 Å². The van der Waals surface area contributed by atoms with Crippen molar-refractivity contribution in [3.63, 3.8) is 0 Å². The zero-order valence-corrected chi connectivity index (χ0v) is 14.0. The summed E-state index contributed by atoms with van der Waals surface area (Å²) in [4.78, 5) is 20.5. The monoisotopic (exact) mass is 345 g/mol. The lowest BCUT2D eigenvalue weighted by Gasteiger charge is -2.05. The van der Waals surface area contributed by atoms with Crippen molar-refractivity contribution in [3.8, 4) is 6.07 Å². The fourth-order valence-electron chi connectivity index (χ4n) is 3.07. The third kappa shape index (κ3) is 2.55. The second-order valence-electron chi connectivity index (χ2n) is 5.90. The van der Waals surface area contributed by atoms with Gasteiger partial charge in [0.1, 0.15) is 11.4 Å². The number of para-hydroxylation sites is 3. The predicted octanol–water partition coefficient (Wildman–Crippen LogP) is 3.95. The molecule has 6 heteroatoms. The smallest absolute Gasteiger partial charge is 0.223 e. The highest BCUT2D eigenvalue weighted by Crippen LogP contribution is 2.30. The molecule has 0 radical (unpaired) electrons. The average molecular weight is 345 g/mol. The molecule has 1 atom stereocenters. The molecule has 2 aromatic heterocycles. The molecule has 2 aromatic carbocycles. The second-order valence-corrected chi connectivity index (χ2v) is 5.90. The normalized spacial score (nSPS) is 12.3. The molecule has 0 saturated heterocycles. The van der Waals surface area contributed by atoms with Gasteiger partial charge in [0.15, 0.2) is 11.7 Å². The summed E-state index contributed by atoms with van der Waals surface area (Å²) >= 11 is 0. The van der Waals surface area contributed by atoms with Gasteiger partial charge in [-0.05, 0) is 18.2 Å². The summed E-state index contributed by atoms with van der Waals surface area (Å²) in [5, 5.41) is 10.4. The maximum absolute atomic E-state index is 13.1. The lowest BCUT2D eigenvalue weighted by atomic mass is 9.99. The molecule has 0 aliphatic heterocycles.